The summed E-state index contributed by atoms with van der Waals surface area (Å²) < 4.78 is 5.60. The minimum atomic E-state index is 0.425. The van der Waals surface area contributed by atoms with Crippen molar-refractivity contribution < 1.29 is 4.74 Å². The molecule has 0 unspecified atom stereocenters. The Bertz CT molecular complexity index is 366. The van der Waals surface area contributed by atoms with Gasteiger partial charge in [0.05, 0.1) is 5.02 Å². The first-order valence-electron chi connectivity index (χ1n) is 5.65. The first-order valence-corrected chi connectivity index (χ1v) is 6.47. The van der Waals surface area contributed by atoms with Crippen molar-refractivity contribution >= 4 is 23.2 Å². The van der Waals surface area contributed by atoms with E-state index in [0.717, 1.165) is 30.8 Å². The maximum atomic E-state index is 6.11. The van der Waals surface area contributed by atoms with Crippen molar-refractivity contribution in [2.45, 2.75) is 19.9 Å². The fraction of sp³-hybridized carbons (Fsp3) is 0.385. The van der Waals surface area contributed by atoms with E-state index in [2.05, 4.69) is 12.2 Å². The van der Waals surface area contributed by atoms with Gasteiger partial charge in [-0.2, -0.15) is 0 Å². The summed E-state index contributed by atoms with van der Waals surface area (Å²) in [6.45, 7) is 4.30. The van der Waals surface area contributed by atoms with Crippen LogP contribution in [0.4, 0.5) is 0 Å². The van der Waals surface area contributed by atoms with Crippen molar-refractivity contribution in [3.05, 3.63) is 40.4 Å². The van der Waals surface area contributed by atoms with E-state index in [1.165, 1.54) is 5.54 Å². The van der Waals surface area contributed by atoms with Crippen LogP contribution in [0.2, 0.25) is 5.02 Å². The Morgan fingerprint density at radius 1 is 1.41 bits per heavy atom. The number of hydrogen-bond donors (Lipinski definition) is 1. The third kappa shape index (κ3) is 4.99. The molecule has 0 spiro atoms. The van der Waals surface area contributed by atoms with E-state index in [1.54, 1.807) is 6.08 Å². The van der Waals surface area contributed by atoms with Crippen LogP contribution in [0.5, 0.6) is 5.75 Å². The molecular formula is C13H17Cl2NO. The number of nitrogens with one attached hydrogen (secondary N) is 1. The second kappa shape index (κ2) is 8.40. The van der Waals surface area contributed by atoms with Gasteiger partial charge < -0.3 is 10.1 Å². The van der Waals surface area contributed by atoms with E-state index >= 15 is 0 Å². The van der Waals surface area contributed by atoms with Crippen LogP contribution < -0.4 is 10.1 Å². The van der Waals surface area contributed by atoms with Gasteiger partial charge in [-0.05, 0) is 25.1 Å². The third-order valence-corrected chi connectivity index (χ3v) is 2.68. The Morgan fingerprint density at radius 3 is 2.94 bits per heavy atom. The molecule has 0 fully saturated rings. The van der Waals surface area contributed by atoms with Gasteiger partial charge >= 0.3 is 0 Å². The van der Waals surface area contributed by atoms with Crippen LogP contribution >= 0.6 is 23.2 Å². The summed E-state index contributed by atoms with van der Waals surface area (Å²) >= 11 is 11.6. The van der Waals surface area contributed by atoms with Crippen LogP contribution in [-0.4, -0.2) is 13.2 Å². The van der Waals surface area contributed by atoms with E-state index in [4.69, 9.17) is 27.9 Å². The van der Waals surface area contributed by atoms with Gasteiger partial charge in [0.15, 0.2) is 0 Å². The number of ether oxygens (including phenoxy) is 1. The molecule has 0 aliphatic carbocycles. The van der Waals surface area contributed by atoms with Crippen LogP contribution in [0, 0.1) is 0 Å². The second-order valence-corrected chi connectivity index (χ2v) is 4.24. The van der Waals surface area contributed by atoms with Crippen molar-refractivity contribution in [1.82, 2.24) is 5.32 Å². The normalized spacial score (nSPS) is 11.0. The molecule has 0 heterocycles. The van der Waals surface area contributed by atoms with Gasteiger partial charge in [0, 0.05) is 17.6 Å². The molecule has 0 bridgehead atoms. The second-order valence-electron chi connectivity index (χ2n) is 3.58. The largest absolute Gasteiger partial charge is 0.488 e. The molecule has 0 aliphatic heterocycles. The fourth-order valence-electron chi connectivity index (χ4n) is 1.42. The molecule has 0 radical (unpaired) electrons. The molecule has 1 rings (SSSR count). The van der Waals surface area contributed by atoms with Crippen LogP contribution in [0.3, 0.4) is 0 Å². The van der Waals surface area contributed by atoms with Gasteiger partial charge in [0.2, 0.25) is 0 Å². The summed E-state index contributed by atoms with van der Waals surface area (Å²) in [6.07, 6.45) is 2.83. The predicted molar refractivity (Wildman–Crippen MR) is 73.9 cm³/mol. The molecule has 1 aromatic carbocycles. The average Bonchev–Trinajstić information content (AvgIpc) is 2.33. The standard InChI is InChI=1S/C13H17Cl2NO/c1-2-8-16-10-11-5-3-6-12(15)13(11)17-9-4-7-14/h3-7,16H,2,8-10H2,1H3/b7-4+. The lowest BCUT2D eigenvalue weighted by atomic mass is 10.2. The predicted octanol–water partition coefficient (Wildman–Crippen LogP) is 3.97. The van der Waals surface area contributed by atoms with E-state index in [1.807, 2.05) is 18.2 Å². The number of rotatable bonds is 7. The zero-order chi connectivity index (χ0) is 12.5. The lowest BCUT2D eigenvalue weighted by Gasteiger charge is -2.12. The van der Waals surface area contributed by atoms with Crippen LogP contribution in [0.15, 0.2) is 29.8 Å². The maximum absolute atomic E-state index is 6.11. The Morgan fingerprint density at radius 2 is 2.24 bits per heavy atom. The molecule has 1 aromatic rings. The first-order chi connectivity index (χ1) is 8.29. The summed E-state index contributed by atoms with van der Waals surface area (Å²) in [4.78, 5) is 0. The smallest absolute Gasteiger partial charge is 0.142 e. The van der Waals surface area contributed by atoms with Crippen molar-refractivity contribution in [3.8, 4) is 5.75 Å². The van der Waals surface area contributed by atoms with Crippen molar-refractivity contribution in [3.63, 3.8) is 0 Å². The zero-order valence-electron chi connectivity index (χ0n) is 9.88. The summed E-state index contributed by atoms with van der Waals surface area (Å²) in [5.74, 6) is 0.729. The molecule has 0 saturated carbocycles. The highest BCUT2D eigenvalue weighted by atomic mass is 35.5. The Labute approximate surface area is 113 Å². The van der Waals surface area contributed by atoms with Gasteiger partial charge in [-0.25, -0.2) is 0 Å². The van der Waals surface area contributed by atoms with Gasteiger partial charge in [0.25, 0.3) is 0 Å². The van der Waals surface area contributed by atoms with Gasteiger partial charge in [-0.1, -0.05) is 42.3 Å². The molecule has 0 amide bonds. The van der Waals surface area contributed by atoms with Crippen LogP contribution in [0.25, 0.3) is 0 Å². The van der Waals surface area contributed by atoms with Crippen LogP contribution in [-0.2, 0) is 6.54 Å². The molecule has 0 aliphatic rings. The highest BCUT2D eigenvalue weighted by molar-refractivity contribution is 6.32. The van der Waals surface area contributed by atoms with E-state index in [9.17, 15) is 0 Å². The van der Waals surface area contributed by atoms with Crippen molar-refractivity contribution in [1.29, 1.82) is 0 Å². The summed E-state index contributed by atoms with van der Waals surface area (Å²) in [6, 6.07) is 5.76. The quantitative estimate of drug-likeness (QED) is 0.759. The number of para-hydroxylation sites is 1. The Kier molecular flexibility index (Phi) is 7.10. The molecule has 0 aromatic heterocycles. The molecule has 0 saturated heterocycles. The molecule has 2 nitrogen and oxygen atoms in total. The number of hydrogen-bond acceptors (Lipinski definition) is 2. The molecule has 4 heteroatoms. The van der Waals surface area contributed by atoms with Crippen molar-refractivity contribution in [2.24, 2.45) is 0 Å². The molecule has 0 atom stereocenters. The molecule has 17 heavy (non-hydrogen) atoms. The lowest BCUT2D eigenvalue weighted by Crippen LogP contribution is -2.14. The minimum absolute atomic E-state index is 0.425. The Balaban J connectivity index is 2.69. The fourth-order valence-corrected chi connectivity index (χ4v) is 1.74. The average molecular weight is 274 g/mol. The Hall–Kier alpha value is -0.700. The highest BCUT2D eigenvalue weighted by Gasteiger charge is 2.07. The number of halogens is 2. The lowest BCUT2D eigenvalue weighted by molar-refractivity contribution is 0.358. The summed E-state index contributed by atoms with van der Waals surface area (Å²) in [7, 11) is 0. The van der Waals surface area contributed by atoms with Gasteiger partial charge in [-0.15, -0.1) is 0 Å². The maximum Gasteiger partial charge on any atom is 0.142 e. The van der Waals surface area contributed by atoms with Gasteiger partial charge in [0.1, 0.15) is 12.4 Å². The molecule has 94 valence electrons. The van der Waals surface area contributed by atoms with Crippen LogP contribution in [0.1, 0.15) is 18.9 Å². The summed E-state index contributed by atoms with van der Waals surface area (Å²) in [5.41, 5.74) is 2.50. The van der Waals surface area contributed by atoms with E-state index in [-0.39, 0.29) is 0 Å². The topological polar surface area (TPSA) is 21.3 Å². The first kappa shape index (κ1) is 14.4. The highest BCUT2D eigenvalue weighted by Crippen LogP contribution is 2.28. The summed E-state index contributed by atoms with van der Waals surface area (Å²) in [5, 5.41) is 3.96. The molecule has 1 N–H and O–H groups in total. The SMILES string of the molecule is CCCNCc1cccc(Cl)c1OC/C=C/Cl. The monoisotopic (exact) mass is 273 g/mol. The minimum Gasteiger partial charge on any atom is -0.488 e. The number of benzene rings is 1. The van der Waals surface area contributed by atoms with E-state index < -0.39 is 0 Å². The third-order valence-electron chi connectivity index (χ3n) is 2.20. The van der Waals surface area contributed by atoms with Crippen molar-refractivity contribution in [2.75, 3.05) is 13.2 Å². The zero-order valence-corrected chi connectivity index (χ0v) is 11.4. The van der Waals surface area contributed by atoms with E-state index in [0.29, 0.717) is 11.6 Å². The molecular weight excluding hydrogens is 257 g/mol. The van der Waals surface area contributed by atoms with Gasteiger partial charge in [-0.3, -0.25) is 0 Å².